The van der Waals surface area contributed by atoms with Gasteiger partial charge in [0.05, 0.1) is 22.4 Å². The van der Waals surface area contributed by atoms with Gasteiger partial charge < -0.3 is 10.1 Å². The van der Waals surface area contributed by atoms with Crippen LogP contribution in [0.25, 0.3) is 10.1 Å². The summed E-state index contributed by atoms with van der Waals surface area (Å²) in [6.07, 6.45) is 0.745. The van der Waals surface area contributed by atoms with Gasteiger partial charge in [-0.25, -0.2) is 0 Å². The van der Waals surface area contributed by atoms with Crippen LogP contribution in [0.3, 0.4) is 0 Å². The average molecular weight is 423 g/mol. The second-order valence-electron chi connectivity index (χ2n) is 5.56. The molecule has 1 N–H and O–H groups in total. The van der Waals surface area contributed by atoms with Crippen LogP contribution in [-0.2, 0) is 0 Å². The van der Waals surface area contributed by atoms with E-state index < -0.39 is 0 Å². The topological polar surface area (TPSA) is 38.3 Å². The smallest absolute Gasteiger partial charge is 0.263 e. The van der Waals surface area contributed by atoms with Crippen molar-refractivity contribution in [2.24, 2.45) is 0 Å². The molecule has 0 bridgehead atoms. The van der Waals surface area contributed by atoms with Crippen molar-refractivity contribution in [1.29, 1.82) is 0 Å². The number of thiophene rings is 1. The van der Waals surface area contributed by atoms with Gasteiger partial charge in [-0.3, -0.25) is 4.79 Å². The van der Waals surface area contributed by atoms with Crippen LogP contribution < -0.4 is 10.1 Å². The number of ether oxygens (including phenoxy) is 1. The molecule has 1 aliphatic rings. The molecule has 1 aromatic heterocycles. The molecule has 6 heteroatoms. The van der Waals surface area contributed by atoms with Gasteiger partial charge in [-0.2, -0.15) is 0 Å². The maximum Gasteiger partial charge on any atom is 0.263 e. The van der Waals surface area contributed by atoms with Crippen LogP contribution in [-0.4, -0.2) is 12.5 Å². The van der Waals surface area contributed by atoms with E-state index in [0.29, 0.717) is 16.5 Å². The Morgan fingerprint density at radius 1 is 1.25 bits per heavy atom. The summed E-state index contributed by atoms with van der Waals surface area (Å²) >= 11 is 11.4. The lowest BCUT2D eigenvalue weighted by Gasteiger charge is -2.26. The third-order valence-electron chi connectivity index (χ3n) is 4.08. The molecule has 2 aromatic carbocycles. The molecule has 24 heavy (non-hydrogen) atoms. The monoisotopic (exact) mass is 421 g/mol. The van der Waals surface area contributed by atoms with Crippen molar-refractivity contribution in [3.8, 4) is 5.75 Å². The molecule has 1 atom stereocenters. The highest BCUT2D eigenvalue weighted by atomic mass is 79.9. The van der Waals surface area contributed by atoms with Gasteiger partial charge in [-0.1, -0.05) is 41.9 Å². The summed E-state index contributed by atoms with van der Waals surface area (Å²) in [5.74, 6) is 0.689. The van der Waals surface area contributed by atoms with E-state index in [9.17, 15) is 4.79 Å². The molecule has 0 saturated carbocycles. The zero-order chi connectivity index (χ0) is 16.7. The summed E-state index contributed by atoms with van der Waals surface area (Å²) in [7, 11) is 0. The lowest BCUT2D eigenvalue weighted by atomic mass is 10.0. The van der Waals surface area contributed by atoms with E-state index in [1.165, 1.54) is 11.3 Å². The molecule has 1 unspecified atom stereocenters. The highest BCUT2D eigenvalue weighted by Crippen LogP contribution is 2.40. The van der Waals surface area contributed by atoms with Crippen LogP contribution in [0.4, 0.5) is 0 Å². The van der Waals surface area contributed by atoms with Gasteiger partial charge in [0.25, 0.3) is 5.91 Å². The fourth-order valence-electron chi connectivity index (χ4n) is 2.92. The van der Waals surface area contributed by atoms with Crippen LogP contribution in [0.15, 0.2) is 46.9 Å². The van der Waals surface area contributed by atoms with Crippen molar-refractivity contribution in [2.75, 3.05) is 6.61 Å². The number of hydrogen-bond acceptors (Lipinski definition) is 3. The van der Waals surface area contributed by atoms with Crippen molar-refractivity contribution in [2.45, 2.75) is 12.5 Å². The lowest BCUT2D eigenvalue weighted by Crippen LogP contribution is -2.31. The molecule has 0 radical (unpaired) electrons. The molecule has 1 amide bonds. The van der Waals surface area contributed by atoms with Crippen LogP contribution in [0.1, 0.15) is 27.7 Å². The van der Waals surface area contributed by atoms with Gasteiger partial charge in [0.2, 0.25) is 0 Å². The number of halogens is 2. The van der Waals surface area contributed by atoms with Gasteiger partial charge in [0, 0.05) is 21.8 Å². The first kappa shape index (κ1) is 15.9. The third kappa shape index (κ3) is 2.70. The summed E-state index contributed by atoms with van der Waals surface area (Å²) < 4.78 is 7.58. The zero-order valence-corrected chi connectivity index (χ0v) is 15.7. The van der Waals surface area contributed by atoms with E-state index in [2.05, 4.69) is 21.2 Å². The summed E-state index contributed by atoms with van der Waals surface area (Å²) in [5, 5.41) is 4.51. The number of benzene rings is 2. The summed E-state index contributed by atoms with van der Waals surface area (Å²) in [4.78, 5) is 13.3. The number of amides is 1. The van der Waals surface area contributed by atoms with Gasteiger partial charge >= 0.3 is 0 Å². The van der Waals surface area contributed by atoms with Gasteiger partial charge in [0.15, 0.2) is 0 Å². The van der Waals surface area contributed by atoms with Crippen molar-refractivity contribution in [3.05, 3.63) is 62.4 Å². The van der Waals surface area contributed by atoms with Crippen molar-refractivity contribution in [1.82, 2.24) is 5.32 Å². The molecule has 2 heterocycles. The Kier molecular flexibility index (Phi) is 4.24. The molecule has 3 aromatic rings. The van der Waals surface area contributed by atoms with E-state index in [4.69, 9.17) is 16.3 Å². The second-order valence-corrected chi connectivity index (χ2v) is 7.82. The molecule has 1 aliphatic heterocycles. The minimum absolute atomic E-state index is 0.0628. The highest BCUT2D eigenvalue weighted by molar-refractivity contribution is 9.10. The van der Waals surface area contributed by atoms with Crippen LogP contribution in [0.2, 0.25) is 5.02 Å². The summed E-state index contributed by atoms with van der Waals surface area (Å²) in [6.45, 7) is 0.591. The van der Waals surface area contributed by atoms with E-state index >= 15 is 0 Å². The predicted octanol–water partition coefficient (Wildman–Crippen LogP) is 5.57. The van der Waals surface area contributed by atoms with Crippen molar-refractivity contribution < 1.29 is 9.53 Å². The fourth-order valence-corrected chi connectivity index (χ4v) is 4.94. The molecule has 0 aliphatic carbocycles. The van der Waals surface area contributed by atoms with Crippen LogP contribution >= 0.6 is 38.9 Å². The molecular formula is C18H13BrClNO2S. The van der Waals surface area contributed by atoms with Crippen LogP contribution in [0.5, 0.6) is 5.75 Å². The number of rotatable bonds is 2. The first-order valence-electron chi connectivity index (χ1n) is 7.54. The fraction of sp³-hybridized carbons (Fsp3) is 0.167. The Morgan fingerprint density at radius 3 is 2.92 bits per heavy atom. The first-order valence-corrected chi connectivity index (χ1v) is 9.53. The van der Waals surface area contributed by atoms with Crippen LogP contribution in [0, 0.1) is 0 Å². The Morgan fingerprint density at radius 2 is 2.08 bits per heavy atom. The Bertz CT molecular complexity index is 940. The molecule has 0 spiro atoms. The second kappa shape index (κ2) is 6.39. The average Bonchev–Trinajstić information content (AvgIpc) is 2.94. The van der Waals surface area contributed by atoms with E-state index in [0.717, 1.165) is 32.3 Å². The van der Waals surface area contributed by atoms with Crippen molar-refractivity contribution in [3.63, 3.8) is 0 Å². The summed E-state index contributed by atoms with van der Waals surface area (Å²) in [6, 6.07) is 13.5. The normalized spacial score (nSPS) is 16.5. The number of hydrogen-bond donors (Lipinski definition) is 1. The molecular weight excluding hydrogens is 410 g/mol. The van der Waals surface area contributed by atoms with E-state index in [1.807, 2.05) is 42.5 Å². The van der Waals surface area contributed by atoms with Gasteiger partial charge in [-0.15, -0.1) is 11.3 Å². The Hall–Kier alpha value is -1.56. The number of para-hydroxylation sites is 1. The minimum Gasteiger partial charge on any atom is -0.493 e. The lowest BCUT2D eigenvalue weighted by molar-refractivity contribution is 0.0929. The number of fused-ring (bicyclic) bond motifs is 2. The third-order valence-corrected chi connectivity index (χ3v) is 6.74. The number of carbonyl (C=O) groups is 1. The van der Waals surface area contributed by atoms with Crippen molar-refractivity contribution >= 4 is 54.9 Å². The molecule has 3 nitrogen and oxygen atoms in total. The Labute approximate surface area is 156 Å². The first-order chi connectivity index (χ1) is 11.6. The van der Waals surface area contributed by atoms with Gasteiger partial charge in [0.1, 0.15) is 10.6 Å². The number of carbonyl (C=O) groups excluding carboxylic acids is 1. The maximum absolute atomic E-state index is 12.8. The largest absolute Gasteiger partial charge is 0.493 e. The molecule has 0 saturated heterocycles. The minimum atomic E-state index is -0.144. The van der Waals surface area contributed by atoms with Gasteiger partial charge in [-0.05, 0) is 28.1 Å². The predicted molar refractivity (Wildman–Crippen MR) is 101 cm³/mol. The SMILES string of the molecule is O=C(NC1CCOc2ccccc21)c1sc2c(Br)cccc2c1Cl. The number of nitrogens with one attached hydrogen (secondary N) is 1. The van der Waals surface area contributed by atoms with E-state index in [-0.39, 0.29) is 11.9 Å². The van der Waals surface area contributed by atoms with E-state index in [1.54, 1.807) is 0 Å². The molecule has 4 rings (SSSR count). The zero-order valence-electron chi connectivity index (χ0n) is 12.5. The highest BCUT2D eigenvalue weighted by Gasteiger charge is 2.25. The molecule has 0 fully saturated rings. The maximum atomic E-state index is 12.8. The summed E-state index contributed by atoms with van der Waals surface area (Å²) in [5.41, 5.74) is 1.01. The Balaban J connectivity index is 1.66. The standard InChI is InChI=1S/C18H13BrClNO2S/c19-12-6-3-5-11-15(20)17(24-16(11)12)18(22)21-13-8-9-23-14-7-2-1-4-10(13)14/h1-7,13H,8-9H2,(H,21,22). The molecule has 122 valence electrons. The quantitative estimate of drug-likeness (QED) is 0.586.